The minimum absolute atomic E-state index is 0.175. The Balaban J connectivity index is 1.27. The van der Waals surface area contributed by atoms with E-state index in [-0.39, 0.29) is 11.8 Å². The van der Waals surface area contributed by atoms with Crippen molar-refractivity contribution in [2.24, 2.45) is 0 Å². The normalized spacial score (nSPS) is 17.2. The zero-order chi connectivity index (χ0) is 21.8. The fourth-order valence-electron chi connectivity index (χ4n) is 4.38. The summed E-state index contributed by atoms with van der Waals surface area (Å²) in [4.78, 5) is 29.7. The number of carbonyl (C=O) groups excluding carboxylic acids is 2. The van der Waals surface area contributed by atoms with Gasteiger partial charge in [-0.25, -0.2) is 0 Å². The Hall–Kier alpha value is -2.51. The van der Waals surface area contributed by atoms with E-state index in [0.717, 1.165) is 61.5 Å². The van der Waals surface area contributed by atoms with Crippen LogP contribution >= 0.6 is 0 Å². The highest BCUT2D eigenvalue weighted by Gasteiger charge is 2.34. The highest BCUT2D eigenvalue weighted by Crippen LogP contribution is 2.29. The molecular weight excluding hydrogens is 410 g/mol. The van der Waals surface area contributed by atoms with Crippen LogP contribution in [0.2, 0.25) is 0 Å². The first kappa shape index (κ1) is 21.7. The molecule has 1 atom stereocenters. The van der Waals surface area contributed by atoms with E-state index in [2.05, 4.69) is 23.2 Å². The number of benzene rings is 2. The molecule has 0 spiro atoms. The third kappa shape index (κ3) is 4.57. The number of nitrogens with zero attached hydrogens (tertiary/aromatic N) is 2. The molecule has 0 fully saturated rings. The second-order valence-electron chi connectivity index (χ2n) is 8.07. The van der Waals surface area contributed by atoms with Gasteiger partial charge in [-0.3, -0.25) is 18.7 Å². The van der Waals surface area contributed by atoms with Gasteiger partial charge in [0.2, 0.25) is 0 Å². The first-order valence-electron chi connectivity index (χ1n) is 11.0. The van der Waals surface area contributed by atoms with Gasteiger partial charge in [0, 0.05) is 13.1 Å². The number of rotatable bonds is 10. The second-order valence-corrected chi connectivity index (χ2v) is 9.45. The van der Waals surface area contributed by atoms with Crippen LogP contribution in [0, 0.1) is 0 Å². The molecule has 1 N–H and O–H groups in total. The minimum Gasteiger partial charge on any atom is -0.372 e. The molecule has 1 unspecified atom stereocenters. The van der Waals surface area contributed by atoms with Crippen LogP contribution in [0.3, 0.4) is 0 Å². The van der Waals surface area contributed by atoms with Crippen molar-refractivity contribution in [1.29, 1.82) is 0 Å². The number of hydrogen-bond acceptors (Lipinski definition) is 5. The average Bonchev–Trinajstić information content (AvgIpc) is 3.28. The zero-order valence-corrected chi connectivity index (χ0v) is 18.7. The summed E-state index contributed by atoms with van der Waals surface area (Å²) in [7, 11) is -0.959. The summed E-state index contributed by atoms with van der Waals surface area (Å²) in [6.45, 7) is 5.47. The molecule has 2 heterocycles. The molecule has 7 heteroatoms. The molecule has 0 aromatic heterocycles. The third-order valence-electron chi connectivity index (χ3n) is 5.94. The second kappa shape index (κ2) is 9.75. The van der Waals surface area contributed by atoms with Gasteiger partial charge in [0.25, 0.3) is 11.8 Å². The van der Waals surface area contributed by atoms with Crippen LogP contribution in [0.25, 0.3) is 0 Å². The maximum atomic E-state index is 12.5. The molecule has 2 aromatic carbocycles. The predicted molar refractivity (Wildman–Crippen MR) is 123 cm³/mol. The van der Waals surface area contributed by atoms with Gasteiger partial charge in [-0.15, -0.1) is 0 Å². The van der Waals surface area contributed by atoms with Gasteiger partial charge >= 0.3 is 0 Å². The first-order valence-corrected chi connectivity index (χ1v) is 12.3. The van der Waals surface area contributed by atoms with Crippen molar-refractivity contribution in [3.05, 3.63) is 59.2 Å². The maximum Gasteiger partial charge on any atom is 0.261 e. The number of anilines is 1. The van der Waals surface area contributed by atoms with Gasteiger partial charge in [-0.05, 0) is 62.5 Å². The number of carbonyl (C=O) groups is 2. The highest BCUT2D eigenvalue weighted by atomic mass is 32.2. The first-order chi connectivity index (χ1) is 15.1. The Kier molecular flexibility index (Phi) is 6.83. The van der Waals surface area contributed by atoms with E-state index in [9.17, 15) is 13.8 Å². The van der Waals surface area contributed by atoms with Crippen molar-refractivity contribution in [3.8, 4) is 0 Å². The van der Waals surface area contributed by atoms with E-state index in [0.29, 0.717) is 23.5 Å². The summed E-state index contributed by atoms with van der Waals surface area (Å²) >= 11 is 0. The summed E-state index contributed by atoms with van der Waals surface area (Å²) in [6.07, 6.45) is 3.65. The van der Waals surface area contributed by atoms with Crippen LogP contribution in [0.5, 0.6) is 0 Å². The van der Waals surface area contributed by atoms with Gasteiger partial charge in [0.1, 0.15) is 0 Å². The van der Waals surface area contributed by atoms with Crippen molar-refractivity contribution in [2.75, 3.05) is 37.4 Å². The number of unbranched alkanes of at least 4 members (excludes halogenated alkanes) is 1. The monoisotopic (exact) mass is 439 g/mol. The van der Waals surface area contributed by atoms with Gasteiger partial charge in [-0.2, -0.15) is 0 Å². The van der Waals surface area contributed by atoms with Gasteiger partial charge in [-0.1, -0.05) is 31.2 Å². The Morgan fingerprint density at radius 1 is 0.968 bits per heavy atom. The molecule has 2 aliphatic heterocycles. The smallest absolute Gasteiger partial charge is 0.261 e. The molecule has 2 aromatic rings. The Morgan fingerprint density at radius 3 is 2.42 bits per heavy atom. The van der Waals surface area contributed by atoms with Crippen molar-refractivity contribution < 1.29 is 13.8 Å². The van der Waals surface area contributed by atoms with Crippen LogP contribution < -0.4 is 5.32 Å². The Labute approximate surface area is 186 Å². The SMILES string of the molecule is CCCN(CCCCN1C(=O)c2ccccc2C1=O)CCc1cccc2c1S(=O)CN2. The summed E-state index contributed by atoms with van der Waals surface area (Å²) in [5.74, 6) is 0.152. The zero-order valence-electron chi connectivity index (χ0n) is 17.9. The molecule has 0 bridgehead atoms. The van der Waals surface area contributed by atoms with E-state index in [1.807, 2.05) is 12.1 Å². The van der Waals surface area contributed by atoms with Crippen molar-refractivity contribution in [3.63, 3.8) is 0 Å². The van der Waals surface area contributed by atoms with E-state index in [1.54, 1.807) is 24.3 Å². The summed E-state index contributed by atoms with van der Waals surface area (Å²) in [5, 5.41) is 3.21. The average molecular weight is 440 g/mol. The van der Waals surface area contributed by atoms with E-state index in [1.165, 1.54) is 4.90 Å². The highest BCUT2D eigenvalue weighted by molar-refractivity contribution is 7.85. The molecule has 0 aliphatic carbocycles. The molecule has 4 rings (SSSR count). The van der Waals surface area contributed by atoms with E-state index in [4.69, 9.17) is 0 Å². The fraction of sp³-hybridized carbons (Fsp3) is 0.417. The number of hydrogen-bond donors (Lipinski definition) is 1. The van der Waals surface area contributed by atoms with Crippen LogP contribution in [-0.2, 0) is 17.2 Å². The third-order valence-corrected chi connectivity index (χ3v) is 7.28. The topological polar surface area (TPSA) is 69.7 Å². The summed E-state index contributed by atoms with van der Waals surface area (Å²) in [6, 6.07) is 13.1. The lowest BCUT2D eigenvalue weighted by Crippen LogP contribution is -2.32. The largest absolute Gasteiger partial charge is 0.372 e. The number of fused-ring (bicyclic) bond motifs is 2. The van der Waals surface area contributed by atoms with Crippen molar-refractivity contribution >= 4 is 28.3 Å². The van der Waals surface area contributed by atoms with Crippen LogP contribution in [0.4, 0.5) is 5.69 Å². The predicted octanol–water partition coefficient (Wildman–Crippen LogP) is 3.51. The van der Waals surface area contributed by atoms with Crippen LogP contribution in [0.1, 0.15) is 52.5 Å². The molecule has 164 valence electrons. The lowest BCUT2D eigenvalue weighted by Gasteiger charge is -2.22. The lowest BCUT2D eigenvalue weighted by atomic mass is 10.1. The lowest BCUT2D eigenvalue weighted by molar-refractivity contribution is 0.0650. The molecule has 0 saturated heterocycles. The number of imide groups is 1. The molecule has 2 amide bonds. The summed E-state index contributed by atoms with van der Waals surface area (Å²) in [5.41, 5.74) is 3.19. The number of amides is 2. The molecule has 6 nitrogen and oxygen atoms in total. The minimum atomic E-state index is -0.959. The number of nitrogens with one attached hydrogen (secondary N) is 1. The van der Waals surface area contributed by atoms with Crippen molar-refractivity contribution in [1.82, 2.24) is 9.80 Å². The standard InChI is InChI=1S/C24H29N3O3S/c1-2-13-26(16-12-18-8-7-11-21-22(18)31(30)17-25-21)14-5-6-15-27-23(28)19-9-3-4-10-20(19)24(27)29/h3-4,7-11,25H,2,5-6,12-17H2,1H3. The summed E-state index contributed by atoms with van der Waals surface area (Å²) < 4.78 is 12.3. The fourth-order valence-corrected chi connectivity index (χ4v) is 5.66. The van der Waals surface area contributed by atoms with Crippen LogP contribution in [0.15, 0.2) is 47.4 Å². The van der Waals surface area contributed by atoms with E-state index >= 15 is 0 Å². The van der Waals surface area contributed by atoms with Gasteiger partial charge in [0.15, 0.2) is 0 Å². The van der Waals surface area contributed by atoms with Crippen LogP contribution in [-0.4, -0.2) is 57.9 Å². The quantitative estimate of drug-likeness (QED) is 0.453. The molecule has 0 saturated carbocycles. The Morgan fingerprint density at radius 2 is 1.71 bits per heavy atom. The van der Waals surface area contributed by atoms with Gasteiger partial charge < -0.3 is 10.2 Å². The Bertz CT molecular complexity index is 972. The molecule has 0 radical (unpaired) electrons. The van der Waals surface area contributed by atoms with E-state index < -0.39 is 10.8 Å². The molecule has 2 aliphatic rings. The van der Waals surface area contributed by atoms with Crippen molar-refractivity contribution in [2.45, 2.75) is 37.5 Å². The molecule has 31 heavy (non-hydrogen) atoms. The maximum absolute atomic E-state index is 12.5. The molecular formula is C24H29N3O3S. The van der Waals surface area contributed by atoms with Gasteiger partial charge in [0.05, 0.1) is 38.4 Å².